The Morgan fingerprint density at radius 2 is 1.83 bits per heavy atom. The van der Waals surface area contributed by atoms with E-state index in [1.807, 2.05) is 30.3 Å². The Morgan fingerprint density at radius 3 is 2.60 bits per heavy atom. The van der Waals surface area contributed by atoms with E-state index in [1.54, 1.807) is 47.4 Å². The lowest BCUT2D eigenvalue weighted by Gasteiger charge is -2.13. The van der Waals surface area contributed by atoms with Crippen molar-refractivity contribution >= 4 is 35.0 Å². The van der Waals surface area contributed by atoms with Crippen LogP contribution < -0.4 is 5.32 Å². The van der Waals surface area contributed by atoms with E-state index < -0.39 is 0 Å². The zero-order valence-corrected chi connectivity index (χ0v) is 17.1. The van der Waals surface area contributed by atoms with Gasteiger partial charge >= 0.3 is 0 Å². The maximum absolute atomic E-state index is 13.1. The van der Waals surface area contributed by atoms with Crippen molar-refractivity contribution < 1.29 is 4.79 Å². The first-order valence-electron chi connectivity index (χ1n) is 8.87. The van der Waals surface area contributed by atoms with Gasteiger partial charge in [0.15, 0.2) is 0 Å². The second-order valence-electron chi connectivity index (χ2n) is 6.16. The summed E-state index contributed by atoms with van der Waals surface area (Å²) < 4.78 is 1.55. The molecule has 0 aliphatic rings. The molecule has 0 atom stereocenters. The van der Waals surface area contributed by atoms with Crippen LogP contribution in [0.3, 0.4) is 0 Å². The first-order chi connectivity index (χ1) is 14.7. The molecule has 0 saturated heterocycles. The van der Waals surface area contributed by atoms with Crippen LogP contribution in [0, 0.1) is 11.3 Å². The first-order valence-corrected chi connectivity index (χ1v) is 10.1. The molecule has 1 amide bonds. The minimum Gasteiger partial charge on any atom is -0.320 e. The summed E-state index contributed by atoms with van der Waals surface area (Å²) in [4.78, 5) is 18.6. The summed E-state index contributed by atoms with van der Waals surface area (Å²) in [5, 5.41) is 16.9. The smallest absolute Gasteiger partial charge is 0.256 e. The molecule has 146 valence electrons. The number of aromatic nitrogens is 3. The van der Waals surface area contributed by atoms with Crippen molar-refractivity contribution in [3.05, 3.63) is 95.5 Å². The topological polar surface area (TPSA) is 83.6 Å². The maximum atomic E-state index is 13.1. The summed E-state index contributed by atoms with van der Waals surface area (Å²) in [6.07, 6.45) is 2.96. The van der Waals surface area contributed by atoms with Crippen molar-refractivity contribution in [2.75, 3.05) is 5.32 Å². The molecule has 30 heavy (non-hydrogen) atoms. The fraction of sp³-hybridized carbons (Fsp3) is 0. The van der Waals surface area contributed by atoms with E-state index in [2.05, 4.69) is 21.5 Å². The van der Waals surface area contributed by atoms with Crippen molar-refractivity contribution in [1.82, 2.24) is 14.8 Å². The van der Waals surface area contributed by atoms with E-state index >= 15 is 0 Å². The highest BCUT2D eigenvalue weighted by atomic mass is 35.5. The highest BCUT2D eigenvalue weighted by Gasteiger charge is 2.16. The number of nitrogens with one attached hydrogen (secondary N) is 1. The molecule has 0 radical (unpaired) electrons. The van der Waals surface area contributed by atoms with Crippen LogP contribution >= 0.6 is 23.4 Å². The van der Waals surface area contributed by atoms with Gasteiger partial charge in [0.2, 0.25) is 0 Å². The summed E-state index contributed by atoms with van der Waals surface area (Å²) in [5.74, 6) is -0.295. The number of nitrogens with zero attached hydrogens (tertiary/aromatic N) is 4. The number of amides is 1. The Hall–Kier alpha value is -3.60. The zero-order valence-electron chi connectivity index (χ0n) is 15.5. The quantitative estimate of drug-likeness (QED) is 0.469. The van der Waals surface area contributed by atoms with Crippen molar-refractivity contribution in [2.24, 2.45) is 0 Å². The number of anilines is 1. The molecule has 0 aliphatic carbocycles. The summed E-state index contributed by atoms with van der Waals surface area (Å²) in [6.45, 7) is 0. The molecule has 1 N–H and O–H groups in total. The van der Waals surface area contributed by atoms with Crippen LogP contribution in [0.4, 0.5) is 5.69 Å². The predicted molar refractivity (Wildman–Crippen MR) is 116 cm³/mol. The fourth-order valence-corrected chi connectivity index (χ4v) is 4.04. The molecule has 0 fully saturated rings. The van der Waals surface area contributed by atoms with E-state index in [0.29, 0.717) is 27.5 Å². The zero-order chi connectivity index (χ0) is 20.9. The molecule has 0 aliphatic heterocycles. The molecule has 6 nitrogen and oxygen atoms in total. The number of carbonyl (C=O) groups is 1. The summed E-state index contributed by atoms with van der Waals surface area (Å²) in [5.41, 5.74) is 2.20. The molecule has 3 aromatic carbocycles. The number of benzene rings is 3. The fourth-order valence-electron chi connectivity index (χ4n) is 2.84. The van der Waals surface area contributed by atoms with E-state index in [1.165, 1.54) is 18.1 Å². The van der Waals surface area contributed by atoms with Crippen LogP contribution in [0.25, 0.3) is 5.69 Å². The van der Waals surface area contributed by atoms with Gasteiger partial charge in [-0.25, -0.2) is 9.67 Å². The van der Waals surface area contributed by atoms with Crippen molar-refractivity contribution in [3.63, 3.8) is 0 Å². The molecule has 4 aromatic rings. The Balaban J connectivity index is 1.66. The number of carbonyl (C=O) groups excluding carboxylic acids is 1. The molecule has 1 aromatic heterocycles. The van der Waals surface area contributed by atoms with Gasteiger partial charge < -0.3 is 5.32 Å². The van der Waals surface area contributed by atoms with Gasteiger partial charge in [-0.15, -0.1) is 0 Å². The van der Waals surface area contributed by atoms with E-state index in [0.717, 1.165) is 9.79 Å². The largest absolute Gasteiger partial charge is 0.320 e. The van der Waals surface area contributed by atoms with Gasteiger partial charge in [-0.3, -0.25) is 4.79 Å². The van der Waals surface area contributed by atoms with Crippen LogP contribution in [0.5, 0.6) is 0 Å². The van der Waals surface area contributed by atoms with Crippen LogP contribution in [-0.2, 0) is 0 Å². The highest BCUT2D eigenvalue weighted by Crippen LogP contribution is 2.33. The number of hydrogen-bond acceptors (Lipinski definition) is 5. The lowest BCUT2D eigenvalue weighted by molar-refractivity contribution is 0.102. The molecule has 0 bridgehead atoms. The highest BCUT2D eigenvalue weighted by molar-refractivity contribution is 7.99. The van der Waals surface area contributed by atoms with Crippen LogP contribution in [0.2, 0.25) is 5.02 Å². The third-order valence-electron chi connectivity index (χ3n) is 4.23. The maximum Gasteiger partial charge on any atom is 0.256 e. The molecule has 8 heteroatoms. The summed E-state index contributed by atoms with van der Waals surface area (Å²) in [6, 6.07) is 21.9. The third-order valence-corrected chi connectivity index (χ3v) is 5.62. The predicted octanol–water partition coefficient (Wildman–Crippen LogP) is 5.20. The SMILES string of the molecule is N#Cc1ccccc1Sc1ccccc1C(=O)Nc1cc(Cl)ccc1-n1cncn1. The minimum absolute atomic E-state index is 0.295. The summed E-state index contributed by atoms with van der Waals surface area (Å²) >= 11 is 7.52. The van der Waals surface area contributed by atoms with Crippen LogP contribution in [-0.4, -0.2) is 20.7 Å². The lowest BCUT2D eigenvalue weighted by Crippen LogP contribution is -2.15. The molecular weight excluding hydrogens is 418 g/mol. The number of rotatable bonds is 5. The average Bonchev–Trinajstić information content (AvgIpc) is 3.29. The minimum atomic E-state index is -0.295. The standard InChI is InChI=1S/C22H14ClN5OS/c23-16-9-10-19(28-14-25-13-26-28)18(11-16)27-22(29)17-6-2-4-8-21(17)30-20-7-3-1-5-15(20)12-24/h1-11,13-14H,(H,27,29). The molecule has 4 rings (SSSR count). The Morgan fingerprint density at radius 1 is 1.07 bits per heavy atom. The lowest BCUT2D eigenvalue weighted by atomic mass is 10.2. The van der Waals surface area contributed by atoms with Crippen molar-refractivity contribution in [3.8, 4) is 11.8 Å². The van der Waals surface area contributed by atoms with E-state index in [4.69, 9.17) is 11.6 Å². The Bertz CT molecular complexity index is 1250. The number of nitriles is 1. The Kier molecular flexibility index (Phi) is 5.80. The third kappa shape index (κ3) is 4.20. The van der Waals surface area contributed by atoms with Gasteiger partial charge in [0.25, 0.3) is 5.91 Å². The van der Waals surface area contributed by atoms with Crippen molar-refractivity contribution in [2.45, 2.75) is 9.79 Å². The molecule has 0 saturated carbocycles. The molecule has 0 unspecified atom stereocenters. The van der Waals surface area contributed by atoms with E-state index in [-0.39, 0.29) is 5.91 Å². The molecular formula is C22H14ClN5OS. The van der Waals surface area contributed by atoms with Crippen LogP contribution in [0.1, 0.15) is 15.9 Å². The average molecular weight is 432 g/mol. The second kappa shape index (κ2) is 8.82. The number of hydrogen-bond donors (Lipinski definition) is 1. The van der Waals surface area contributed by atoms with Gasteiger partial charge in [-0.05, 0) is 42.5 Å². The monoisotopic (exact) mass is 431 g/mol. The molecule has 1 heterocycles. The van der Waals surface area contributed by atoms with Gasteiger partial charge in [-0.1, -0.05) is 47.6 Å². The normalized spacial score (nSPS) is 10.4. The van der Waals surface area contributed by atoms with Crippen molar-refractivity contribution in [1.29, 1.82) is 5.26 Å². The van der Waals surface area contributed by atoms with Gasteiger partial charge in [0.1, 0.15) is 18.7 Å². The molecule has 0 spiro atoms. The Labute approximate surface area is 182 Å². The second-order valence-corrected chi connectivity index (χ2v) is 7.68. The van der Waals surface area contributed by atoms with Gasteiger partial charge in [0, 0.05) is 14.8 Å². The van der Waals surface area contributed by atoms with Crippen LogP contribution in [0.15, 0.2) is 89.2 Å². The van der Waals surface area contributed by atoms with Gasteiger partial charge in [0.05, 0.1) is 22.5 Å². The summed E-state index contributed by atoms with van der Waals surface area (Å²) in [7, 11) is 0. The van der Waals surface area contributed by atoms with Gasteiger partial charge in [-0.2, -0.15) is 10.4 Å². The first kappa shape index (κ1) is 19.7. The number of halogens is 1. The van der Waals surface area contributed by atoms with E-state index in [9.17, 15) is 10.1 Å².